The van der Waals surface area contributed by atoms with Crippen LogP contribution >= 0.6 is 11.3 Å². The molecule has 0 radical (unpaired) electrons. The van der Waals surface area contributed by atoms with Gasteiger partial charge in [-0.3, -0.25) is 0 Å². The van der Waals surface area contributed by atoms with Gasteiger partial charge < -0.3 is 0 Å². The molecule has 20 heavy (non-hydrogen) atoms. The molecule has 0 spiro atoms. The molecule has 0 saturated heterocycles. The van der Waals surface area contributed by atoms with Crippen molar-refractivity contribution in [1.29, 1.82) is 0 Å². The van der Waals surface area contributed by atoms with Crippen molar-refractivity contribution in [3.8, 4) is 22.3 Å². The second-order valence-corrected chi connectivity index (χ2v) is 5.37. The summed E-state index contributed by atoms with van der Waals surface area (Å²) in [5, 5.41) is 0. The lowest BCUT2D eigenvalue weighted by atomic mass is 10.2. The molecule has 2 aromatic carbocycles. The molecular formula is C18H11FS. The maximum Gasteiger partial charge on any atom is 0.123 e. The molecular weight excluding hydrogens is 267 g/mol. The van der Waals surface area contributed by atoms with E-state index in [9.17, 15) is 4.39 Å². The van der Waals surface area contributed by atoms with Crippen LogP contribution in [0.5, 0.6) is 0 Å². The van der Waals surface area contributed by atoms with Gasteiger partial charge in [-0.25, -0.2) is 4.39 Å². The Morgan fingerprint density at radius 2 is 1.50 bits per heavy atom. The van der Waals surface area contributed by atoms with Crippen molar-refractivity contribution in [2.24, 2.45) is 0 Å². The van der Waals surface area contributed by atoms with Crippen molar-refractivity contribution in [2.45, 2.75) is 0 Å². The molecule has 0 bridgehead atoms. The van der Waals surface area contributed by atoms with Crippen LogP contribution < -0.4 is 0 Å². The van der Waals surface area contributed by atoms with Gasteiger partial charge in [0.25, 0.3) is 0 Å². The van der Waals surface area contributed by atoms with Gasteiger partial charge in [0.15, 0.2) is 0 Å². The first-order valence-corrected chi connectivity index (χ1v) is 7.06. The van der Waals surface area contributed by atoms with Crippen molar-refractivity contribution in [1.82, 2.24) is 0 Å². The molecule has 0 aliphatic heterocycles. The summed E-state index contributed by atoms with van der Waals surface area (Å²) in [6.07, 6.45) is 0. The Bertz CT molecular complexity index is 758. The van der Waals surface area contributed by atoms with Gasteiger partial charge in [-0.2, -0.15) is 0 Å². The Morgan fingerprint density at radius 1 is 0.750 bits per heavy atom. The number of benzene rings is 2. The fraction of sp³-hybridized carbons (Fsp3) is 0. The second-order valence-electron chi connectivity index (χ2n) is 4.29. The smallest absolute Gasteiger partial charge is 0.123 e. The Kier molecular flexibility index (Phi) is 3.62. The summed E-state index contributed by atoms with van der Waals surface area (Å²) in [7, 11) is 0. The highest BCUT2D eigenvalue weighted by molar-refractivity contribution is 7.16. The standard InChI is InChI=1S/C18H11FS/c19-16-9-6-14(7-10-16)8-11-17-12-13-18(20-17)15-4-2-1-3-5-15/h1-7,9-10,12-13H. The van der Waals surface area contributed by atoms with E-state index in [0.717, 1.165) is 10.4 Å². The van der Waals surface area contributed by atoms with Gasteiger partial charge in [-0.05, 0) is 42.0 Å². The number of hydrogen-bond donors (Lipinski definition) is 0. The van der Waals surface area contributed by atoms with Crippen LogP contribution in [0.25, 0.3) is 10.4 Å². The molecule has 2 heteroatoms. The van der Waals surface area contributed by atoms with Crippen molar-refractivity contribution < 1.29 is 4.39 Å². The zero-order valence-corrected chi connectivity index (χ0v) is 11.5. The predicted octanol–water partition coefficient (Wildman–Crippen LogP) is 4.95. The summed E-state index contributed by atoms with van der Waals surface area (Å²) < 4.78 is 12.8. The van der Waals surface area contributed by atoms with Gasteiger partial charge in [-0.1, -0.05) is 42.2 Å². The first-order valence-electron chi connectivity index (χ1n) is 6.24. The second kappa shape index (κ2) is 5.73. The van der Waals surface area contributed by atoms with E-state index in [4.69, 9.17) is 0 Å². The third-order valence-corrected chi connectivity index (χ3v) is 3.89. The van der Waals surface area contributed by atoms with Crippen LogP contribution in [0.15, 0.2) is 66.7 Å². The lowest BCUT2D eigenvalue weighted by Gasteiger charge is -1.93. The van der Waals surface area contributed by atoms with E-state index in [2.05, 4.69) is 30.0 Å². The largest absolute Gasteiger partial charge is 0.207 e. The first kappa shape index (κ1) is 12.7. The van der Waals surface area contributed by atoms with Crippen LogP contribution in [0.4, 0.5) is 4.39 Å². The number of rotatable bonds is 1. The third kappa shape index (κ3) is 2.96. The van der Waals surface area contributed by atoms with Crippen LogP contribution in [0.3, 0.4) is 0 Å². The number of hydrogen-bond acceptors (Lipinski definition) is 1. The SMILES string of the molecule is Fc1ccc(C#Cc2ccc(-c3ccccc3)s2)cc1. The zero-order chi connectivity index (χ0) is 13.8. The summed E-state index contributed by atoms with van der Waals surface area (Å²) in [6, 6.07) is 20.6. The normalized spacial score (nSPS) is 9.85. The molecule has 0 fully saturated rings. The van der Waals surface area contributed by atoms with Crippen LogP contribution in [0.2, 0.25) is 0 Å². The Hall–Kier alpha value is -2.37. The zero-order valence-electron chi connectivity index (χ0n) is 10.6. The molecule has 0 unspecified atom stereocenters. The highest BCUT2D eigenvalue weighted by Gasteiger charge is 2.00. The predicted molar refractivity (Wildman–Crippen MR) is 82.1 cm³/mol. The van der Waals surface area contributed by atoms with E-state index >= 15 is 0 Å². The Labute approximate surface area is 121 Å². The maximum atomic E-state index is 12.8. The van der Waals surface area contributed by atoms with E-state index in [0.29, 0.717) is 0 Å². The highest BCUT2D eigenvalue weighted by Crippen LogP contribution is 2.27. The van der Waals surface area contributed by atoms with Crippen LogP contribution in [0, 0.1) is 17.7 Å². The maximum absolute atomic E-state index is 12.8. The molecule has 0 N–H and O–H groups in total. The molecule has 0 amide bonds. The molecule has 3 aromatic rings. The lowest BCUT2D eigenvalue weighted by molar-refractivity contribution is 0.627. The van der Waals surface area contributed by atoms with Gasteiger partial charge >= 0.3 is 0 Å². The third-order valence-electron chi connectivity index (χ3n) is 2.84. The average molecular weight is 278 g/mol. The fourth-order valence-corrected chi connectivity index (χ4v) is 2.69. The van der Waals surface area contributed by atoms with E-state index in [1.807, 2.05) is 24.3 Å². The molecule has 0 nitrogen and oxygen atoms in total. The molecule has 0 aliphatic carbocycles. The molecule has 0 aliphatic rings. The van der Waals surface area contributed by atoms with Crippen LogP contribution in [-0.2, 0) is 0 Å². The van der Waals surface area contributed by atoms with E-state index in [-0.39, 0.29) is 5.82 Å². The summed E-state index contributed by atoms with van der Waals surface area (Å²) in [6.45, 7) is 0. The van der Waals surface area contributed by atoms with E-state index < -0.39 is 0 Å². The topological polar surface area (TPSA) is 0 Å². The molecule has 1 heterocycles. The monoisotopic (exact) mass is 278 g/mol. The van der Waals surface area contributed by atoms with Crippen molar-refractivity contribution in [3.63, 3.8) is 0 Å². The van der Waals surface area contributed by atoms with Crippen LogP contribution in [-0.4, -0.2) is 0 Å². The average Bonchev–Trinajstić information content (AvgIpc) is 2.97. The van der Waals surface area contributed by atoms with Gasteiger partial charge in [0.05, 0.1) is 4.88 Å². The molecule has 0 atom stereocenters. The molecule has 1 aromatic heterocycles. The van der Waals surface area contributed by atoms with Crippen molar-refractivity contribution in [2.75, 3.05) is 0 Å². The molecule has 0 saturated carbocycles. The summed E-state index contributed by atoms with van der Waals surface area (Å²) in [5.74, 6) is 5.93. The Morgan fingerprint density at radius 3 is 2.25 bits per heavy atom. The fourth-order valence-electron chi connectivity index (χ4n) is 1.83. The summed E-state index contributed by atoms with van der Waals surface area (Å²) >= 11 is 1.66. The van der Waals surface area contributed by atoms with Gasteiger partial charge in [0.1, 0.15) is 5.82 Å². The van der Waals surface area contributed by atoms with Gasteiger partial charge in [-0.15, -0.1) is 11.3 Å². The molecule has 96 valence electrons. The van der Waals surface area contributed by atoms with Crippen molar-refractivity contribution >= 4 is 11.3 Å². The summed E-state index contributed by atoms with van der Waals surface area (Å²) in [5.41, 5.74) is 2.02. The Balaban J connectivity index is 1.83. The molecule has 3 rings (SSSR count). The van der Waals surface area contributed by atoms with E-state index in [1.165, 1.54) is 22.6 Å². The quantitative estimate of drug-likeness (QED) is 0.552. The number of thiophene rings is 1. The minimum atomic E-state index is -0.238. The highest BCUT2D eigenvalue weighted by atomic mass is 32.1. The first-order chi connectivity index (χ1) is 9.81. The number of halogens is 1. The lowest BCUT2D eigenvalue weighted by Crippen LogP contribution is -1.75. The van der Waals surface area contributed by atoms with Crippen LogP contribution in [0.1, 0.15) is 10.4 Å². The van der Waals surface area contributed by atoms with Crippen molar-refractivity contribution in [3.05, 3.63) is 83.0 Å². The van der Waals surface area contributed by atoms with Gasteiger partial charge in [0, 0.05) is 10.4 Å². The van der Waals surface area contributed by atoms with E-state index in [1.54, 1.807) is 23.5 Å². The summed E-state index contributed by atoms with van der Waals surface area (Å²) in [4.78, 5) is 2.21. The van der Waals surface area contributed by atoms with Gasteiger partial charge in [0.2, 0.25) is 0 Å². The minimum absolute atomic E-state index is 0.238. The minimum Gasteiger partial charge on any atom is -0.207 e.